The van der Waals surface area contributed by atoms with Crippen molar-refractivity contribution in [1.29, 1.82) is 0 Å². The van der Waals surface area contributed by atoms with Gasteiger partial charge in [0.15, 0.2) is 0 Å². The Hall–Kier alpha value is -0.570. The highest BCUT2D eigenvalue weighted by Crippen LogP contribution is 2.20. The van der Waals surface area contributed by atoms with Crippen LogP contribution in [-0.2, 0) is 4.79 Å². The summed E-state index contributed by atoms with van der Waals surface area (Å²) in [6, 6.07) is 0.857. The average molecular weight is 226 g/mol. The van der Waals surface area contributed by atoms with Gasteiger partial charge in [0.05, 0.1) is 6.54 Å². The third kappa shape index (κ3) is 4.97. The van der Waals surface area contributed by atoms with Gasteiger partial charge in [-0.25, -0.2) is 0 Å². The zero-order valence-corrected chi connectivity index (χ0v) is 11.0. The standard InChI is InChI=1S/C13H26N2O/c1-11(2)14-13(16)10-15(3)12-8-6-4-5-7-9-12/h11-12H,4-10H2,1-3H3,(H,14,16). The molecule has 0 radical (unpaired) electrons. The molecule has 3 nitrogen and oxygen atoms in total. The lowest BCUT2D eigenvalue weighted by Crippen LogP contribution is -2.42. The molecule has 1 fully saturated rings. The summed E-state index contributed by atoms with van der Waals surface area (Å²) < 4.78 is 0. The van der Waals surface area contributed by atoms with Gasteiger partial charge < -0.3 is 5.32 Å². The number of nitrogens with one attached hydrogen (secondary N) is 1. The zero-order valence-electron chi connectivity index (χ0n) is 11.0. The fraction of sp³-hybridized carbons (Fsp3) is 0.923. The van der Waals surface area contributed by atoms with Crippen LogP contribution in [0.3, 0.4) is 0 Å². The maximum Gasteiger partial charge on any atom is 0.234 e. The van der Waals surface area contributed by atoms with Gasteiger partial charge in [0, 0.05) is 12.1 Å². The summed E-state index contributed by atoms with van der Waals surface area (Å²) in [6.45, 7) is 4.55. The molecule has 1 amide bonds. The van der Waals surface area contributed by atoms with Gasteiger partial charge in [0.25, 0.3) is 0 Å². The molecular weight excluding hydrogens is 200 g/mol. The molecule has 0 aromatic carbocycles. The first kappa shape index (κ1) is 13.5. The van der Waals surface area contributed by atoms with Gasteiger partial charge >= 0.3 is 0 Å². The van der Waals surface area contributed by atoms with Crippen molar-refractivity contribution in [3.8, 4) is 0 Å². The van der Waals surface area contributed by atoms with Gasteiger partial charge in [-0.15, -0.1) is 0 Å². The summed E-state index contributed by atoms with van der Waals surface area (Å²) in [4.78, 5) is 13.9. The number of carbonyl (C=O) groups excluding carboxylic acids is 1. The lowest BCUT2D eigenvalue weighted by Gasteiger charge is -2.26. The van der Waals surface area contributed by atoms with Crippen molar-refractivity contribution in [3.05, 3.63) is 0 Å². The Balaban J connectivity index is 2.32. The van der Waals surface area contributed by atoms with E-state index in [9.17, 15) is 4.79 Å². The van der Waals surface area contributed by atoms with Crippen molar-refractivity contribution in [1.82, 2.24) is 10.2 Å². The molecule has 0 aromatic rings. The summed E-state index contributed by atoms with van der Waals surface area (Å²) in [7, 11) is 2.08. The van der Waals surface area contributed by atoms with Crippen LogP contribution in [0.15, 0.2) is 0 Å². The maximum atomic E-state index is 11.6. The van der Waals surface area contributed by atoms with Crippen LogP contribution in [0.5, 0.6) is 0 Å². The molecule has 1 aliphatic rings. The first-order valence-corrected chi connectivity index (χ1v) is 6.59. The van der Waals surface area contributed by atoms with Crippen molar-refractivity contribution >= 4 is 5.91 Å². The topological polar surface area (TPSA) is 32.3 Å². The Morgan fingerprint density at radius 3 is 2.31 bits per heavy atom. The molecule has 1 N–H and O–H groups in total. The first-order chi connectivity index (χ1) is 7.59. The van der Waals surface area contributed by atoms with Gasteiger partial charge in [-0.2, -0.15) is 0 Å². The number of likely N-dealkylation sites (N-methyl/N-ethyl adjacent to an activating group) is 1. The zero-order chi connectivity index (χ0) is 12.0. The fourth-order valence-corrected chi connectivity index (χ4v) is 2.42. The van der Waals surface area contributed by atoms with E-state index in [0.717, 1.165) is 0 Å². The first-order valence-electron chi connectivity index (χ1n) is 6.59. The molecule has 0 atom stereocenters. The van der Waals surface area contributed by atoms with E-state index in [1.54, 1.807) is 0 Å². The minimum Gasteiger partial charge on any atom is -0.353 e. The lowest BCUT2D eigenvalue weighted by atomic mass is 10.1. The highest BCUT2D eigenvalue weighted by molar-refractivity contribution is 5.78. The van der Waals surface area contributed by atoms with Crippen LogP contribution in [0.4, 0.5) is 0 Å². The van der Waals surface area contributed by atoms with Crippen molar-refractivity contribution in [3.63, 3.8) is 0 Å². The van der Waals surface area contributed by atoms with Crippen LogP contribution in [0, 0.1) is 0 Å². The van der Waals surface area contributed by atoms with Gasteiger partial charge in [-0.1, -0.05) is 25.7 Å². The molecular formula is C13H26N2O. The second kappa shape index (κ2) is 6.89. The molecule has 94 valence electrons. The van der Waals surface area contributed by atoms with Crippen LogP contribution in [-0.4, -0.2) is 36.5 Å². The molecule has 0 aromatic heterocycles. The minimum absolute atomic E-state index is 0.154. The highest BCUT2D eigenvalue weighted by atomic mass is 16.2. The predicted molar refractivity (Wildman–Crippen MR) is 67.4 cm³/mol. The van der Waals surface area contributed by atoms with E-state index < -0.39 is 0 Å². The summed E-state index contributed by atoms with van der Waals surface area (Å²) in [5, 5.41) is 2.95. The second-order valence-electron chi connectivity index (χ2n) is 5.28. The molecule has 1 saturated carbocycles. The Morgan fingerprint density at radius 2 is 1.81 bits per heavy atom. The number of hydrogen-bond acceptors (Lipinski definition) is 2. The van der Waals surface area contributed by atoms with Gasteiger partial charge in [-0.05, 0) is 33.7 Å². The molecule has 0 heterocycles. The van der Waals surface area contributed by atoms with E-state index in [0.29, 0.717) is 12.6 Å². The Morgan fingerprint density at radius 1 is 1.25 bits per heavy atom. The third-order valence-corrected chi connectivity index (χ3v) is 3.29. The molecule has 0 spiro atoms. The van der Waals surface area contributed by atoms with Crippen molar-refractivity contribution in [2.24, 2.45) is 0 Å². The molecule has 3 heteroatoms. The maximum absolute atomic E-state index is 11.6. The monoisotopic (exact) mass is 226 g/mol. The van der Waals surface area contributed by atoms with Crippen molar-refractivity contribution in [2.45, 2.75) is 64.5 Å². The number of carbonyl (C=O) groups is 1. The highest BCUT2D eigenvalue weighted by Gasteiger charge is 2.18. The Labute approximate surface area is 99.6 Å². The SMILES string of the molecule is CC(C)NC(=O)CN(C)C1CCCCCC1. The fourth-order valence-electron chi connectivity index (χ4n) is 2.42. The van der Waals surface area contributed by atoms with E-state index in [-0.39, 0.29) is 11.9 Å². The Bertz CT molecular complexity index is 208. The van der Waals surface area contributed by atoms with Crippen LogP contribution < -0.4 is 5.32 Å². The van der Waals surface area contributed by atoms with Crippen LogP contribution in [0.1, 0.15) is 52.4 Å². The largest absolute Gasteiger partial charge is 0.353 e. The van der Waals surface area contributed by atoms with Crippen LogP contribution in [0.25, 0.3) is 0 Å². The van der Waals surface area contributed by atoms with E-state index >= 15 is 0 Å². The summed E-state index contributed by atoms with van der Waals surface area (Å²) in [5.74, 6) is 0.154. The molecule has 0 bridgehead atoms. The number of hydrogen-bond donors (Lipinski definition) is 1. The van der Waals surface area contributed by atoms with E-state index in [2.05, 4.69) is 17.3 Å². The lowest BCUT2D eigenvalue weighted by molar-refractivity contribution is -0.123. The molecule has 1 rings (SSSR count). The van der Waals surface area contributed by atoms with Gasteiger partial charge in [0.2, 0.25) is 5.91 Å². The minimum atomic E-state index is 0.154. The second-order valence-corrected chi connectivity index (χ2v) is 5.28. The van der Waals surface area contributed by atoms with E-state index in [1.165, 1.54) is 38.5 Å². The van der Waals surface area contributed by atoms with Crippen molar-refractivity contribution in [2.75, 3.05) is 13.6 Å². The van der Waals surface area contributed by atoms with E-state index in [1.807, 2.05) is 13.8 Å². The van der Waals surface area contributed by atoms with Crippen LogP contribution in [0.2, 0.25) is 0 Å². The summed E-state index contributed by atoms with van der Waals surface area (Å²) in [6.07, 6.45) is 7.88. The predicted octanol–water partition coefficient (Wildman–Crippen LogP) is 2.17. The average Bonchev–Trinajstić information content (AvgIpc) is 2.43. The van der Waals surface area contributed by atoms with E-state index in [4.69, 9.17) is 0 Å². The normalized spacial score (nSPS) is 18.8. The molecule has 0 saturated heterocycles. The summed E-state index contributed by atoms with van der Waals surface area (Å²) in [5.41, 5.74) is 0. The molecule has 1 aliphatic carbocycles. The van der Waals surface area contributed by atoms with Gasteiger partial charge in [-0.3, -0.25) is 9.69 Å². The number of rotatable bonds is 4. The van der Waals surface area contributed by atoms with Crippen LogP contribution >= 0.6 is 0 Å². The summed E-state index contributed by atoms with van der Waals surface area (Å²) >= 11 is 0. The quantitative estimate of drug-likeness (QED) is 0.745. The molecule has 0 aliphatic heterocycles. The molecule has 0 unspecified atom stereocenters. The Kier molecular flexibility index (Phi) is 5.81. The smallest absolute Gasteiger partial charge is 0.234 e. The molecule has 16 heavy (non-hydrogen) atoms. The third-order valence-electron chi connectivity index (χ3n) is 3.29. The van der Waals surface area contributed by atoms with Gasteiger partial charge in [0.1, 0.15) is 0 Å². The number of amides is 1. The van der Waals surface area contributed by atoms with Crippen molar-refractivity contribution < 1.29 is 4.79 Å². The number of nitrogens with zero attached hydrogens (tertiary/aromatic N) is 1.